The molecule has 3 aromatic carbocycles. The Balaban J connectivity index is 1.62. The molecule has 2 amide bonds. The van der Waals surface area contributed by atoms with Crippen molar-refractivity contribution in [1.82, 2.24) is 15.2 Å². The highest BCUT2D eigenvalue weighted by Gasteiger charge is 2.19. The quantitative estimate of drug-likeness (QED) is 0.290. The lowest BCUT2D eigenvalue weighted by Gasteiger charge is -2.20. The summed E-state index contributed by atoms with van der Waals surface area (Å²) in [5.74, 6) is -1.25. The number of anilines is 1. The van der Waals surface area contributed by atoms with Crippen LogP contribution >= 0.6 is 0 Å². The molecular formula is C31H31FN4O3. The Bertz CT molecular complexity index is 1430. The summed E-state index contributed by atoms with van der Waals surface area (Å²) < 4.78 is 14.9. The predicted octanol–water partition coefficient (Wildman–Crippen LogP) is 4.15. The van der Waals surface area contributed by atoms with Crippen molar-refractivity contribution in [2.45, 2.75) is 25.4 Å². The van der Waals surface area contributed by atoms with Crippen LogP contribution in [-0.2, 0) is 16.1 Å². The number of hydrogen-bond acceptors (Lipinski definition) is 4. The van der Waals surface area contributed by atoms with Crippen LogP contribution in [0.5, 0.6) is 0 Å². The molecule has 0 saturated heterocycles. The smallest absolute Gasteiger partial charge is 0.275 e. The van der Waals surface area contributed by atoms with E-state index in [0.29, 0.717) is 17.8 Å². The van der Waals surface area contributed by atoms with Crippen LogP contribution < -0.4 is 21.5 Å². The van der Waals surface area contributed by atoms with Crippen LogP contribution in [-0.4, -0.2) is 36.0 Å². The zero-order valence-corrected chi connectivity index (χ0v) is 21.9. The number of nitrogens with one attached hydrogen (secondary N) is 3. The van der Waals surface area contributed by atoms with Gasteiger partial charge < -0.3 is 16.0 Å². The maximum Gasteiger partial charge on any atom is 0.275 e. The van der Waals surface area contributed by atoms with Gasteiger partial charge in [-0.15, -0.1) is 0 Å². The predicted molar refractivity (Wildman–Crippen MR) is 151 cm³/mol. The summed E-state index contributed by atoms with van der Waals surface area (Å²) >= 11 is 0. The van der Waals surface area contributed by atoms with Gasteiger partial charge in [0.2, 0.25) is 11.8 Å². The molecule has 0 unspecified atom stereocenters. The Hall–Kier alpha value is -4.56. The van der Waals surface area contributed by atoms with E-state index in [1.54, 1.807) is 32.2 Å². The van der Waals surface area contributed by atoms with E-state index in [-0.39, 0.29) is 30.0 Å². The Morgan fingerprint density at radius 3 is 2.00 bits per heavy atom. The van der Waals surface area contributed by atoms with E-state index >= 15 is 0 Å². The number of amides is 2. The highest BCUT2D eigenvalue weighted by atomic mass is 19.1. The lowest BCUT2D eigenvalue weighted by molar-refractivity contribution is -0.121. The van der Waals surface area contributed by atoms with Gasteiger partial charge in [-0.25, -0.2) is 4.39 Å². The molecule has 0 spiro atoms. The zero-order valence-electron chi connectivity index (χ0n) is 21.9. The minimum Gasteiger partial charge on any atom is -0.354 e. The van der Waals surface area contributed by atoms with Gasteiger partial charge in [0.05, 0.1) is 11.7 Å². The second-order valence-corrected chi connectivity index (χ2v) is 9.21. The number of likely N-dealkylation sites (N-methyl/N-ethyl adjacent to an activating group) is 1. The largest absolute Gasteiger partial charge is 0.354 e. The lowest BCUT2D eigenvalue weighted by atomic mass is 9.91. The van der Waals surface area contributed by atoms with Crippen molar-refractivity contribution in [2.24, 2.45) is 0 Å². The van der Waals surface area contributed by atoms with Crippen molar-refractivity contribution in [3.05, 3.63) is 124 Å². The molecule has 1 heterocycles. The van der Waals surface area contributed by atoms with Gasteiger partial charge in [0, 0.05) is 12.5 Å². The first kappa shape index (κ1) is 27.5. The van der Waals surface area contributed by atoms with Crippen molar-refractivity contribution in [2.75, 3.05) is 18.9 Å². The topological polar surface area (TPSA) is 92.2 Å². The molecule has 39 heavy (non-hydrogen) atoms. The first-order valence-corrected chi connectivity index (χ1v) is 12.7. The standard InChI is InChI=1S/C31H31FN4O3/c1-21(33-2)30(38)35-27-17-18-28(24-13-15-25(32)16-14-24)36(31(27)39)20-29(37)34-19-26(22-9-5-3-6-10-22)23-11-7-4-8-12-23/h3-18,21,26,33H,19-20H2,1-2H3,(H,34,37)(H,35,38)/t21-/m0/s1. The molecule has 7 nitrogen and oxygen atoms in total. The second-order valence-electron chi connectivity index (χ2n) is 9.21. The van der Waals surface area contributed by atoms with Gasteiger partial charge in [-0.3, -0.25) is 19.0 Å². The second kappa shape index (κ2) is 12.8. The van der Waals surface area contributed by atoms with Crippen molar-refractivity contribution in [3.63, 3.8) is 0 Å². The molecule has 4 aromatic rings. The summed E-state index contributed by atoms with van der Waals surface area (Å²) in [6, 6.07) is 28.0. The summed E-state index contributed by atoms with van der Waals surface area (Å²) in [5, 5.41) is 8.43. The van der Waals surface area contributed by atoms with Crippen LogP contribution in [0.15, 0.2) is 102 Å². The molecule has 4 rings (SSSR count). The van der Waals surface area contributed by atoms with E-state index < -0.39 is 17.4 Å². The van der Waals surface area contributed by atoms with Crippen molar-refractivity contribution < 1.29 is 14.0 Å². The minimum absolute atomic E-state index is 0.0483. The number of nitrogens with zero attached hydrogens (tertiary/aromatic N) is 1. The van der Waals surface area contributed by atoms with Crippen molar-refractivity contribution in [1.29, 1.82) is 0 Å². The van der Waals surface area contributed by atoms with Crippen LogP contribution in [0.3, 0.4) is 0 Å². The Morgan fingerprint density at radius 1 is 0.846 bits per heavy atom. The number of halogens is 1. The van der Waals surface area contributed by atoms with E-state index in [2.05, 4.69) is 16.0 Å². The Labute approximate surface area is 226 Å². The van der Waals surface area contributed by atoms with Gasteiger partial charge >= 0.3 is 0 Å². The average molecular weight is 527 g/mol. The molecule has 0 saturated carbocycles. The van der Waals surface area contributed by atoms with Gasteiger partial charge in [-0.05, 0) is 67.1 Å². The molecule has 0 aliphatic carbocycles. The molecule has 0 aliphatic heterocycles. The summed E-state index contributed by atoms with van der Waals surface area (Å²) in [5.41, 5.74) is 2.61. The van der Waals surface area contributed by atoms with Crippen molar-refractivity contribution in [3.8, 4) is 11.3 Å². The fourth-order valence-electron chi connectivity index (χ4n) is 4.29. The molecule has 3 N–H and O–H groups in total. The average Bonchev–Trinajstić information content (AvgIpc) is 2.96. The number of carbonyl (C=O) groups excluding carboxylic acids is 2. The van der Waals surface area contributed by atoms with Gasteiger partial charge in [0.1, 0.15) is 18.0 Å². The van der Waals surface area contributed by atoms with Crippen LogP contribution in [0, 0.1) is 5.82 Å². The van der Waals surface area contributed by atoms with E-state index in [1.165, 1.54) is 22.8 Å². The molecule has 0 bridgehead atoms. The molecule has 0 aliphatic rings. The van der Waals surface area contributed by atoms with E-state index in [9.17, 15) is 18.8 Å². The fourth-order valence-corrected chi connectivity index (χ4v) is 4.29. The van der Waals surface area contributed by atoms with Crippen molar-refractivity contribution >= 4 is 17.5 Å². The normalized spacial score (nSPS) is 11.7. The van der Waals surface area contributed by atoms with E-state index in [1.807, 2.05) is 60.7 Å². The number of pyridine rings is 1. The van der Waals surface area contributed by atoms with E-state index in [4.69, 9.17) is 0 Å². The van der Waals surface area contributed by atoms with Crippen LogP contribution in [0.2, 0.25) is 0 Å². The molecular weight excluding hydrogens is 495 g/mol. The third-order valence-electron chi connectivity index (χ3n) is 6.61. The van der Waals surface area contributed by atoms with Crippen LogP contribution in [0.4, 0.5) is 10.1 Å². The first-order valence-electron chi connectivity index (χ1n) is 12.7. The van der Waals surface area contributed by atoms with E-state index in [0.717, 1.165) is 11.1 Å². The summed E-state index contributed by atoms with van der Waals surface area (Å²) in [7, 11) is 1.64. The molecule has 1 atom stereocenters. The number of rotatable bonds is 10. The summed E-state index contributed by atoms with van der Waals surface area (Å²) in [6.07, 6.45) is 0. The first-order chi connectivity index (χ1) is 18.9. The van der Waals surface area contributed by atoms with Crippen LogP contribution in [0.1, 0.15) is 24.0 Å². The summed E-state index contributed by atoms with van der Waals surface area (Å²) in [4.78, 5) is 39.1. The zero-order chi connectivity index (χ0) is 27.8. The molecule has 8 heteroatoms. The number of aromatic nitrogens is 1. The third-order valence-corrected chi connectivity index (χ3v) is 6.61. The summed E-state index contributed by atoms with van der Waals surface area (Å²) in [6.45, 7) is 1.71. The third kappa shape index (κ3) is 6.86. The molecule has 0 fully saturated rings. The monoisotopic (exact) mass is 526 g/mol. The van der Waals surface area contributed by atoms with Gasteiger partial charge in [-0.1, -0.05) is 60.7 Å². The molecule has 1 aromatic heterocycles. The lowest BCUT2D eigenvalue weighted by Crippen LogP contribution is -2.39. The number of benzene rings is 3. The Morgan fingerprint density at radius 2 is 1.44 bits per heavy atom. The maximum absolute atomic E-state index is 13.6. The number of carbonyl (C=O) groups is 2. The maximum atomic E-state index is 13.6. The van der Waals surface area contributed by atoms with Gasteiger partial charge in [0.25, 0.3) is 5.56 Å². The SMILES string of the molecule is CN[C@@H](C)C(=O)Nc1ccc(-c2ccc(F)cc2)n(CC(=O)NCC(c2ccccc2)c2ccccc2)c1=O. The number of hydrogen-bond donors (Lipinski definition) is 3. The fraction of sp³-hybridized carbons (Fsp3) is 0.194. The van der Waals surface area contributed by atoms with Crippen LogP contribution in [0.25, 0.3) is 11.3 Å². The highest BCUT2D eigenvalue weighted by molar-refractivity contribution is 5.94. The minimum atomic E-state index is -0.536. The highest BCUT2D eigenvalue weighted by Crippen LogP contribution is 2.24. The molecule has 200 valence electrons. The van der Waals surface area contributed by atoms with Gasteiger partial charge in [0.15, 0.2) is 0 Å². The molecule has 0 radical (unpaired) electrons. The van der Waals surface area contributed by atoms with Gasteiger partial charge in [-0.2, -0.15) is 0 Å². The Kier molecular flexibility index (Phi) is 9.01.